The van der Waals surface area contributed by atoms with Crippen LogP contribution in [0.4, 0.5) is 5.82 Å². The molecule has 4 rings (SSSR count). The van der Waals surface area contributed by atoms with Crippen molar-refractivity contribution in [2.45, 2.75) is 26.2 Å². The Kier molecular flexibility index (Phi) is 5.11. The first-order valence-electron chi connectivity index (χ1n) is 9.40. The van der Waals surface area contributed by atoms with Crippen molar-refractivity contribution >= 4 is 29.1 Å². The molecule has 0 fully saturated rings. The van der Waals surface area contributed by atoms with Crippen LogP contribution in [0.3, 0.4) is 0 Å². The van der Waals surface area contributed by atoms with Gasteiger partial charge in [0.2, 0.25) is 5.91 Å². The number of fused-ring (bicyclic) bond motifs is 1. The standard InChI is InChI=1S/C22H20ClN3O3/c1-3-29-17-9-7-14(8-10-17)21(28)18-12-19(27)24-22-20(18)13(2)25-26(22)16-6-4-5-15(23)11-16/h4-11,18H,3,12H2,1-2H3,(H,24,27)/t18-/m1/s1. The van der Waals surface area contributed by atoms with Gasteiger partial charge in [0.15, 0.2) is 5.78 Å². The lowest BCUT2D eigenvalue weighted by atomic mass is 9.85. The monoisotopic (exact) mass is 409 g/mol. The summed E-state index contributed by atoms with van der Waals surface area (Å²) in [4.78, 5) is 25.7. The predicted molar refractivity (Wildman–Crippen MR) is 111 cm³/mol. The van der Waals surface area contributed by atoms with Gasteiger partial charge in [-0.1, -0.05) is 17.7 Å². The van der Waals surface area contributed by atoms with Crippen molar-refractivity contribution in [1.82, 2.24) is 9.78 Å². The molecule has 0 spiro atoms. The van der Waals surface area contributed by atoms with Gasteiger partial charge in [-0.25, -0.2) is 4.68 Å². The number of carbonyl (C=O) groups is 2. The van der Waals surface area contributed by atoms with Crippen LogP contribution in [0.1, 0.15) is 40.9 Å². The van der Waals surface area contributed by atoms with Gasteiger partial charge in [-0.15, -0.1) is 0 Å². The second kappa shape index (κ2) is 7.72. The summed E-state index contributed by atoms with van der Waals surface area (Å²) in [7, 11) is 0. The summed E-state index contributed by atoms with van der Waals surface area (Å²) >= 11 is 6.11. The molecule has 3 aromatic rings. The summed E-state index contributed by atoms with van der Waals surface area (Å²) in [5.74, 6) is 0.300. The Morgan fingerprint density at radius 3 is 2.72 bits per heavy atom. The van der Waals surface area contributed by atoms with Gasteiger partial charge in [0.1, 0.15) is 11.6 Å². The third-order valence-electron chi connectivity index (χ3n) is 4.92. The van der Waals surface area contributed by atoms with E-state index in [1.54, 1.807) is 41.1 Å². The number of hydrogen-bond acceptors (Lipinski definition) is 4. The number of rotatable bonds is 5. The van der Waals surface area contributed by atoms with E-state index in [-0.39, 0.29) is 18.1 Å². The molecule has 1 atom stereocenters. The number of aryl methyl sites for hydroxylation is 1. The number of benzene rings is 2. The third kappa shape index (κ3) is 3.63. The van der Waals surface area contributed by atoms with Crippen LogP contribution >= 0.6 is 11.6 Å². The van der Waals surface area contributed by atoms with E-state index in [2.05, 4.69) is 10.4 Å². The van der Waals surface area contributed by atoms with Crippen molar-refractivity contribution in [3.8, 4) is 11.4 Å². The van der Waals surface area contributed by atoms with Gasteiger partial charge in [-0.3, -0.25) is 9.59 Å². The molecule has 0 saturated carbocycles. The lowest BCUT2D eigenvalue weighted by molar-refractivity contribution is -0.116. The molecule has 1 aromatic heterocycles. The summed E-state index contributed by atoms with van der Waals surface area (Å²) in [5.41, 5.74) is 2.69. The maximum atomic E-state index is 13.3. The number of halogens is 1. The number of Topliss-reactive ketones (excluding diaryl/α,β-unsaturated/α-hetero) is 1. The molecule has 148 valence electrons. The van der Waals surface area contributed by atoms with Crippen molar-refractivity contribution < 1.29 is 14.3 Å². The van der Waals surface area contributed by atoms with Crippen molar-refractivity contribution in [1.29, 1.82) is 0 Å². The van der Waals surface area contributed by atoms with Crippen LogP contribution in [-0.2, 0) is 4.79 Å². The zero-order valence-corrected chi connectivity index (χ0v) is 16.9. The highest BCUT2D eigenvalue weighted by atomic mass is 35.5. The van der Waals surface area contributed by atoms with E-state index in [1.807, 2.05) is 26.0 Å². The van der Waals surface area contributed by atoms with Crippen LogP contribution < -0.4 is 10.1 Å². The molecule has 2 aromatic carbocycles. The van der Waals surface area contributed by atoms with Crippen LogP contribution in [0.5, 0.6) is 5.75 Å². The minimum absolute atomic E-state index is 0.0844. The van der Waals surface area contributed by atoms with Crippen molar-refractivity contribution in [2.24, 2.45) is 0 Å². The molecule has 1 aliphatic heterocycles. The molecule has 1 N–H and O–H groups in total. The topological polar surface area (TPSA) is 73.2 Å². The molecule has 1 aliphatic rings. The van der Waals surface area contributed by atoms with Crippen LogP contribution in [0.15, 0.2) is 48.5 Å². The number of anilines is 1. The van der Waals surface area contributed by atoms with Crippen molar-refractivity contribution in [2.75, 3.05) is 11.9 Å². The number of nitrogens with zero attached hydrogens (tertiary/aromatic N) is 2. The molecule has 2 heterocycles. The molecule has 0 aliphatic carbocycles. The summed E-state index contributed by atoms with van der Waals surface area (Å²) < 4.78 is 7.07. The van der Waals surface area contributed by atoms with Crippen LogP contribution in [0.25, 0.3) is 5.69 Å². The number of ketones is 1. The molecule has 0 unspecified atom stereocenters. The SMILES string of the molecule is CCOc1ccc(C(=O)[C@@H]2CC(=O)Nc3c2c(C)nn3-c2cccc(Cl)c2)cc1. The first-order valence-corrected chi connectivity index (χ1v) is 9.78. The molecule has 0 bridgehead atoms. The van der Waals surface area contributed by atoms with E-state index >= 15 is 0 Å². The highest BCUT2D eigenvalue weighted by Crippen LogP contribution is 2.38. The second-order valence-electron chi connectivity index (χ2n) is 6.87. The fourth-order valence-corrected chi connectivity index (χ4v) is 3.83. The Labute approximate surface area is 173 Å². The van der Waals surface area contributed by atoms with E-state index in [1.165, 1.54) is 0 Å². The van der Waals surface area contributed by atoms with Gasteiger partial charge >= 0.3 is 0 Å². The van der Waals surface area contributed by atoms with Crippen molar-refractivity contribution in [3.63, 3.8) is 0 Å². The van der Waals surface area contributed by atoms with Crippen LogP contribution in [-0.4, -0.2) is 28.1 Å². The molecule has 29 heavy (non-hydrogen) atoms. The van der Waals surface area contributed by atoms with Crippen LogP contribution in [0.2, 0.25) is 5.02 Å². The first kappa shape index (κ1) is 19.2. The van der Waals surface area contributed by atoms with Gasteiger partial charge < -0.3 is 10.1 Å². The Morgan fingerprint density at radius 1 is 1.28 bits per heavy atom. The van der Waals surface area contributed by atoms with E-state index in [0.29, 0.717) is 34.5 Å². The lowest BCUT2D eigenvalue weighted by Gasteiger charge is -2.23. The van der Waals surface area contributed by atoms with E-state index < -0.39 is 5.92 Å². The first-order chi connectivity index (χ1) is 14.0. The molecular formula is C22H20ClN3O3. The largest absolute Gasteiger partial charge is 0.494 e. The Balaban J connectivity index is 1.74. The van der Waals surface area contributed by atoms with Gasteiger partial charge in [-0.2, -0.15) is 5.10 Å². The zero-order chi connectivity index (χ0) is 20.5. The summed E-state index contributed by atoms with van der Waals surface area (Å²) in [5, 5.41) is 8.01. The van der Waals surface area contributed by atoms with E-state index in [4.69, 9.17) is 16.3 Å². The van der Waals surface area contributed by atoms with Crippen LogP contribution in [0, 0.1) is 6.92 Å². The zero-order valence-electron chi connectivity index (χ0n) is 16.1. The minimum atomic E-state index is -0.593. The summed E-state index contributed by atoms with van der Waals surface area (Å²) in [6.45, 7) is 4.30. The van der Waals surface area contributed by atoms with E-state index in [9.17, 15) is 9.59 Å². The predicted octanol–water partition coefficient (Wildman–Crippen LogP) is 4.54. The van der Waals surface area contributed by atoms with Gasteiger partial charge in [-0.05, 0) is 56.3 Å². The smallest absolute Gasteiger partial charge is 0.226 e. The van der Waals surface area contributed by atoms with Gasteiger partial charge in [0.05, 0.1) is 23.9 Å². The number of nitrogens with one attached hydrogen (secondary N) is 1. The highest BCUT2D eigenvalue weighted by molar-refractivity contribution is 6.30. The number of carbonyl (C=O) groups excluding carboxylic acids is 2. The Bertz CT molecular complexity index is 1090. The number of hydrogen-bond donors (Lipinski definition) is 1. The number of ether oxygens (including phenoxy) is 1. The second-order valence-corrected chi connectivity index (χ2v) is 7.30. The van der Waals surface area contributed by atoms with E-state index in [0.717, 1.165) is 11.3 Å². The maximum absolute atomic E-state index is 13.3. The quantitative estimate of drug-likeness (QED) is 0.628. The minimum Gasteiger partial charge on any atom is -0.494 e. The fourth-order valence-electron chi connectivity index (χ4n) is 3.65. The number of amides is 1. The normalized spacial score (nSPS) is 15.6. The fraction of sp³-hybridized carbons (Fsp3) is 0.227. The lowest BCUT2D eigenvalue weighted by Crippen LogP contribution is -2.28. The average Bonchev–Trinajstić information content (AvgIpc) is 3.04. The van der Waals surface area contributed by atoms with Crippen molar-refractivity contribution in [3.05, 3.63) is 70.4 Å². The molecular weight excluding hydrogens is 390 g/mol. The van der Waals surface area contributed by atoms with Gasteiger partial charge in [0.25, 0.3) is 0 Å². The molecule has 1 amide bonds. The third-order valence-corrected chi connectivity index (χ3v) is 5.16. The highest BCUT2D eigenvalue weighted by Gasteiger charge is 2.36. The molecule has 7 heteroatoms. The Hall–Kier alpha value is -3.12. The summed E-state index contributed by atoms with van der Waals surface area (Å²) in [6.07, 6.45) is 0.0844. The molecule has 0 radical (unpaired) electrons. The maximum Gasteiger partial charge on any atom is 0.226 e. The van der Waals surface area contributed by atoms with Gasteiger partial charge in [0, 0.05) is 22.6 Å². The molecule has 6 nitrogen and oxygen atoms in total. The summed E-state index contributed by atoms with van der Waals surface area (Å²) in [6, 6.07) is 14.2. The average molecular weight is 410 g/mol. The Morgan fingerprint density at radius 2 is 2.03 bits per heavy atom. The molecule has 0 saturated heterocycles. The number of aromatic nitrogens is 2.